The molecule has 0 aliphatic heterocycles. The minimum absolute atomic E-state index is 0.641. The molecule has 0 saturated carbocycles. The first-order valence-corrected chi connectivity index (χ1v) is 4.84. The molecule has 0 bridgehead atoms. The van der Waals surface area contributed by atoms with Crippen molar-refractivity contribution < 1.29 is 10.2 Å². The lowest BCUT2D eigenvalue weighted by atomic mass is 9.86. The first-order chi connectivity index (χ1) is 6.45. The van der Waals surface area contributed by atoms with Gasteiger partial charge in [-0.05, 0) is 38.8 Å². The highest BCUT2D eigenvalue weighted by Gasteiger charge is 2.25. The third-order valence-electron chi connectivity index (χ3n) is 2.52. The van der Waals surface area contributed by atoms with E-state index in [1.165, 1.54) is 0 Å². The summed E-state index contributed by atoms with van der Waals surface area (Å²) in [6.45, 7) is 7.74. The van der Waals surface area contributed by atoms with Gasteiger partial charge in [0, 0.05) is 0 Å². The van der Waals surface area contributed by atoms with Crippen molar-refractivity contribution in [2.45, 2.75) is 39.9 Å². The smallest absolute Gasteiger partial charge is 0.103 e. The van der Waals surface area contributed by atoms with Crippen LogP contribution in [0.5, 0.6) is 0 Å². The third kappa shape index (κ3) is 1.97. The van der Waals surface area contributed by atoms with Crippen LogP contribution in [0.4, 0.5) is 0 Å². The summed E-state index contributed by atoms with van der Waals surface area (Å²) < 4.78 is 0. The summed E-state index contributed by atoms with van der Waals surface area (Å²) in [5, 5.41) is 19.7. The molecule has 0 saturated heterocycles. The second-order valence-electron chi connectivity index (χ2n) is 4.12. The molecule has 14 heavy (non-hydrogen) atoms. The zero-order chi connectivity index (χ0) is 10.9. The van der Waals surface area contributed by atoms with E-state index in [-0.39, 0.29) is 0 Å². The average Bonchev–Trinajstić information content (AvgIpc) is 2.02. The van der Waals surface area contributed by atoms with Crippen LogP contribution in [0.2, 0.25) is 0 Å². The fourth-order valence-electron chi connectivity index (χ4n) is 1.73. The minimum Gasteiger partial charge on any atom is -0.385 e. The van der Waals surface area contributed by atoms with Crippen molar-refractivity contribution in [3.05, 3.63) is 34.4 Å². The van der Waals surface area contributed by atoms with Crippen LogP contribution in [0.1, 0.15) is 27.7 Å². The van der Waals surface area contributed by atoms with Crippen molar-refractivity contribution in [1.82, 2.24) is 0 Å². The summed E-state index contributed by atoms with van der Waals surface area (Å²) in [4.78, 5) is 0. The van der Waals surface area contributed by atoms with Gasteiger partial charge in [0.25, 0.3) is 0 Å². The van der Waals surface area contributed by atoms with Gasteiger partial charge in [0.2, 0.25) is 0 Å². The van der Waals surface area contributed by atoms with Gasteiger partial charge in [0.1, 0.15) is 6.10 Å². The molecule has 78 valence electrons. The fourth-order valence-corrected chi connectivity index (χ4v) is 1.73. The van der Waals surface area contributed by atoms with Gasteiger partial charge in [-0.15, -0.1) is 0 Å². The van der Waals surface area contributed by atoms with Crippen LogP contribution >= 0.6 is 0 Å². The van der Waals surface area contributed by atoms with E-state index in [0.717, 1.165) is 16.7 Å². The van der Waals surface area contributed by atoms with Gasteiger partial charge in [0.15, 0.2) is 0 Å². The number of allylic oxidation sites excluding steroid dienone is 2. The summed E-state index contributed by atoms with van der Waals surface area (Å²) in [6.07, 6.45) is 2.23. The molecule has 2 heteroatoms. The lowest BCUT2D eigenvalue weighted by Gasteiger charge is -2.26. The second kappa shape index (κ2) is 4.11. The predicted molar refractivity (Wildman–Crippen MR) is 57.9 cm³/mol. The topological polar surface area (TPSA) is 40.5 Å². The first kappa shape index (κ1) is 11.2. The van der Waals surface area contributed by atoms with Crippen LogP contribution in [-0.4, -0.2) is 22.4 Å². The van der Waals surface area contributed by atoms with Crippen LogP contribution in [0, 0.1) is 0 Å². The molecule has 0 aromatic carbocycles. The van der Waals surface area contributed by atoms with E-state index in [9.17, 15) is 10.2 Å². The van der Waals surface area contributed by atoms with E-state index in [1.54, 1.807) is 12.2 Å². The van der Waals surface area contributed by atoms with E-state index in [4.69, 9.17) is 0 Å². The standard InChI is InChI=1S/C12H18O2/c1-7(2)9-5-6-10(13)11(8(3)4)12(9)14/h5-6,10,12-14H,1-4H3. The van der Waals surface area contributed by atoms with Crippen molar-refractivity contribution in [1.29, 1.82) is 0 Å². The largest absolute Gasteiger partial charge is 0.385 e. The average molecular weight is 194 g/mol. The Morgan fingerprint density at radius 2 is 1.64 bits per heavy atom. The number of aliphatic hydroxyl groups is 2. The van der Waals surface area contributed by atoms with Crippen molar-refractivity contribution in [3.63, 3.8) is 0 Å². The van der Waals surface area contributed by atoms with E-state index >= 15 is 0 Å². The molecule has 0 radical (unpaired) electrons. The molecule has 0 heterocycles. The molecule has 0 aromatic heterocycles. The molecule has 1 rings (SSSR count). The number of aliphatic hydroxyl groups excluding tert-OH is 2. The van der Waals surface area contributed by atoms with Crippen molar-refractivity contribution in [2.24, 2.45) is 0 Å². The Morgan fingerprint density at radius 1 is 1.07 bits per heavy atom. The van der Waals surface area contributed by atoms with Crippen LogP contribution in [0.3, 0.4) is 0 Å². The molecule has 2 N–H and O–H groups in total. The normalized spacial score (nSPS) is 26.7. The maximum Gasteiger partial charge on any atom is 0.103 e. The zero-order valence-corrected chi connectivity index (χ0v) is 9.20. The van der Waals surface area contributed by atoms with Crippen LogP contribution in [-0.2, 0) is 0 Å². The van der Waals surface area contributed by atoms with E-state index < -0.39 is 12.2 Å². The molecule has 2 atom stereocenters. The number of rotatable bonds is 0. The van der Waals surface area contributed by atoms with Gasteiger partial charge in [-0.3, -0.25) is 0 Å². The summed E-state index contributed by atoms with van der Waals surface area (Å²) in [6, 6.07) is 0. The molecule has 0 aromatic rings. The zero-order valence-electron chi connectivity index (χ0n) is 9.20. The lowest BCUT2D eigenvalue weighted by Crippen LogP contribution is -2.27. The monoisotopic (exact) mass is 194 g/mol. The molecule has 2 unspecified atom stereocenters. The van der Waals surface area contributed by atoms with Gasteiger partial charge in [-0.2, -0.15) is 0 Å². The molecule has 1 aliphatic rings. The summed E-state index contributed by atoms with van der Waals surface area (Å²) in [5.74, 6) is 0. The van der Waals surface area contributed by atoms with Crippen LogP contribution < -0.4 is 0 Å². The van der Waals surface area contributed by atoms with Crippen molar-refractivity contribution in [2.75, 3.05) is 0 Å². The summed E-state index contributed by atoms with van der Waals surface area (Å²) in [7, 11) is 0. The Bertz CT molecular complexity index is 313. The summed E-state index contributed by atoms with van der Waals surface area (Å²) >= 11 is 0. The van der Waals surface area contributed by atoms with E-state index in [2.05, 4.69) is 0 Å². The molecule has 1 aliphatic carbocycles. The van der Waals surface area contributed by atoms with Crippen molar-refractivity contribution >= 4 is 0 Å². The molecule has 0 spiro atoms. The van der Waals surface area contributed by atoms with E-state index in [1.807, 2.05) is 27.7 Å². The van der Waals surface area contributed by atoms with Crippen molar-refractivity contribution in [3.8, 4) is 0 Å². The molecular weight excluding hydrogens is 176 g/mol. The number of hydrogen-bond donors (Lipinski definition) is 2. The molecular formula is C12H18O2. The van der Waals surface area contributed by atoms with Crippen LogP contribution in [0.15, 0.2) is 34.4 Å². The Hall–Kier alpha value is -0.860. The Balaban J connectivity index is 3.22. The van der Waals surface area contributed by atoms with Gasteiger partial charge >= 0.3 is 0 Å². The maximum absolute atomic E-state index is 10.0. The molecule has 0 fully saturated rings. The first-order valence-electron chi connectivity index (χ1n) is 4.84. The van der Waals surface area contributed by atoms with Crippen LogP contribution in [0.25, 0.3) is 0 Å². The summed E-state index contributed by atoms with van der Waals surface area (Å²) in [5.41, 5.74) is 3.67. The highest BCUT2D eigenvalue weighted by Crippen LogP contribution is 2.27. The quantitative estimate of drug-likeness (QED) is 0.579. The Morgan fingerprint density at radius 3 is 2.07 bits per heavy atom. The van der Waals surface area contributed by atoms with E-state index in [0.29, 0.717) is 5.57 Å². The minimum atomic E-state index is -0.648. The Kier molecular flexibility index (Phi) is 3.29. The molecule has 2 nitrogen and oxygen atoms in total. The molecule has 0 amide bonds. The van der Waals surface area contributed by atoms with Gasteiger partial charge in [-0.25, -0.2) is 0 Å². The highest BCUT2D eigenvalue weighted by molar-refractivity contribution is 5.44. The fraction of sp³-hybridized carbons (Fsp3) is 0.500. The third-order valence-corrected chi connectivity index (χ3v) is 2.52. The van der Waals surface area contributed by atoms with Gasteiger partial charge in [0.05, 0.1) is 6.10 Å². The van der Waals surface area contributed by atoms with Gasteiger partial charge in [-0.1, -0.05) is 23.3 Å². The predicted octanol–water partition coefficient (Wildman–Crippen LogP) is 1.95. The second-order valence-corrected chi connectivity index (χ2v) is 4.12. The maximum atomic E-state index is 10.0. The number of hydrogen-bond acceptors (Lipinski definition) is 2. The van der Waals surface area contributed by atoms with Gasteiger partial charge < -0.3 is 10.2 Å². The Labute approximate surface area is 85.3 Å². The highest BCUT2D eigenvalue weighted by atomic mass is 16.3. The SMILES string of the molecule is CC(C)=C1C=CC(O)C(=C(C)C)C1O. The lowest BCUT2D eigenvalue weighted by molar-refractivity contribution is 0.181.